The number of hydrogen-bond acceptors (Lipinski definition) is 2. The first-order chi connectivity index (χ1) is 9.97. The van der Waals surface area contributed by atoms with E-state index in [2.05, 4.69) is 35.1 Å². The fourth-order valence-corrected chi connectivity index (χ4v) is 2.73. The quantitative estimate of drug-likeness (QED) is 0.673. The molecule has 0 radical (unpaired) electrons. The molecule has 0 unspecified atom stereocenters. The molecule has 2 rings (SSSR count). The normalized spacial score (nSPS) is 11.0. The molecule has 0 aliphatic heterocycles. The molecule has 0 spiro atoms. The molecule has 0 saturated carbocycles. The van der Waals surface area contributed by atoms with Crippen LogP contribution in [0.3, 0.4) is 0 Å². The number of halogens is 3. The van der Waals surface area contributed by atoms with Crippen LogP contribution in [0.5, 0.6) is 11.5 Å². The molecule has 0 aromatic heterocycles. The Morgan fingerprint density at radius 2 is 1.86 bits per heavy atom. The second kappa shape index (κ2) is 7.50. The standard InChI is InChI=1S/C16H16BrCl2NO/c1-10(2)20-9-12-13(18)4-3-5-15(12)21-16-7-6-11(17)8-14(16)19/h3-8,10,20H,9H2,1-2H3. The average molecular weight is 389 g/mol. The number of hydrogen-bond donors (Lipinski definition) is 1. The fraction of sp³-hybridized carbons (Fsp3) is 0.250. The highest BCUT2D eigenvalue weighted by Crippen LogP contribution is 2.35. The van der Waals surface area contributed by atoms with E-state index in [0.717, 1.165) is 10.0 Å². The van der Waals surface area contributed by atoms with Crippen LogP contribution < -0.4 is 10.1 Å². The molecule has 112 valence electrons. The van der Waals surface area contributed by atoms with Gasteiger partial charge in [0.05, 0.1) is 5.02 Å². The predicted molar refractivity (Wildman–Crippen MR) is 92.7 cm³/mol. The first-order valence-electron chi connectivity index (χ1n) is 6.61. The Labute approximate surface area is 143 Å². The summed E-state index contributed by atoms with van der Waals surface area (Å²) in [4.78, 5) is 0. The summed E-state index contributed by atoms with van der Waals surface area (Å²) < 4.78 is 6.84. The van der Waals surface area contributed by atoms with E-state index in [9.17, 15) is 0 Å². The third kappa shape index (κ3) is 4.62. The maximum Gasteiger partial charge on any atom is 0.146 e. The molecule has 0 fully saturated rings. The van der Waals surface area contributed by atoms with Crippen molar-refractivity contribution in [1.82, 2.24) is 5.32 Å². The van der Waals surface area contributed by atoms with Gasteiger partial charge in [0.2, 0.25) is 0 Å². The maximum atomic E-state index is 6.28. The van der Waals surface area contributed by atoms with Crippen molar-refractivity contribution < 1.29 is 4.74 Å². The molecule has 0 aliphatic carbocycles. The zero-order valence-electron chi connectivity index (χ0n) is 11.8. The van der Waals surface area contributed by atoms with Gasteiger partial charge in [-0.2, -0.15) is 0 Å². The van der Waals surface area contributed by atoms with Gasteiger partial charge in [0.25, 0.3) is 0 Å². The monoisotopic (exact) mass is 387 g/mol. The minimum atomic E-state index is 0.366. The van der Waals surface area contributed by atoms with Gasteiger partial charge >= 0.3 is 0 Å². The zero-order chi connectivity index (χ0) is 15.4. The van der Waals surface area contributed by atoms with Gasteiger partial charge in [-0.3, -0.25) is 0 Å². The second-order valence-electron chi connectivity index (χ2n) is 4.93. The van der Waals surface area contributed by atoms with E-state index in [1.54, 1.807) is 6.07 Å². The van der Waals surface area contributed by atoms with Crippen molar-refractivity contribution in [3.63, 3.8) is 0 Å². The van der Waals surface area contributed by atoms with Crippen LogP contribution in [0.4, 0.5) is 0 Å². The van der Waals surface area contributed by atoms with Gasteiger partial charge in [0.15, 0.2) is 0 Å². The highest BCUT2D eigenvalue weighted by Gasteiger charge is 2.11. The highest BCUT2D eigenvalue weighted by atomic mass is 79.9. The van der Waals surface area contributed by atoms with Crippen molar-refractivity contribution >= 4 is 39.1 Å². The van der Waals surface area contributed by atoms with Crippen LogP contribution in [-0.4, -0.2) is 6.04 Å². The molecule has 2 aromatic rings. The lowest BCUT2D eigenvalue weighted by atomic mass is 10.2. The van der Waals surface area contributed by atoms with Gasteiger partial charge in [-0.15, -0.1) is 0 Å². The summed E-state index contributed by atoms with van der Waals surface area (Å²) in [5.74, 6) is 1.31. The molecule has 0 heterocycles. The van der Waals surface area contributed by atoms with Gasteiger partial charge in [0, 0.05) is 27.6 Å². The third-order valence-corrected chi connectivity index (χ3v) is 4.02. The fourth-order valence-electron chi connectivity index (χ4n) is 1.79. The second-order valence-corrected chi connectivity index (χ2v) is 6.66. The largest absolute Gasteiger partial charge is 0.455 e. The lowest BCUT2D eigenvalue weighted by Gasteiger charge is -2.15. The van der Waals surface area contributed by atoms with Crippen LogP contribution in [0.1, 0.15) is 19.4 Å². The molecule has 0 aliphatic rings. The summed E-state index contributed by atoms with van der Waals surface area (Å²) in [6.45, 7) is 4.81. The van der Waals surface area contributed by atoms with Gasteiger partial charge in [-0.25, -0.2) is 0 Å². The minimum absolute atomic E-state index is 0.366. The Bertz CT molecular complexity index is 632. The van der Waals surface area contributed by atoms with E-state index in [1.807, 2.05) is 30.3 Å². The summed E-state index contributed by atoms with van der Waals surface area (Å²) >= 11 is 15.9. The number of nitrogens with one attached hydrogen (secondary N) is 1. The summed E-state index contributed by atoms with van der Waals surface area (Å²) in [7, 11) is 0. The molecule has 1 N–H and O–H groups in total. The summed E-state index contributed by atoms with van der Waals surface area (Å²) in [5.41, 5.74) is 0.923. The SMILES string of the molecule is CC(C)NCc1c(Cl)cccc1Oc1ccc(Br)cc1Cl. The number of rotatable bonds is 5. The topological polar surface area (TPSA) is 21.3 Å². The summed E-state index contributed by atoms with van der Waals surface area (Å²) in [5, 5.41) is 4.57. The molecule has 0 amide bonds. The molecule has 21 heavy (non-hydrogen) atoms. The van der Waals surface area contributed by atoms with E-state index in [-0.39, 0.29) is 0 Å². The van der Waals surface area contributed by atoms with Crippen molar-refractivity contribution in [3.8, 4) is 11.5 Å². The lowest BCUT2D eigenvalue weighted by Crippen LogP contribution is -2.22. The van der Waals surface area contributed by atoms with Crippen molar-refractivity contribution in [2.24, 2.45) is 0 Å². The van der Waals surface area contributed by atoms with Gasteiger partial charge in [0.1, 0.15) is 11.5 Å². The molecule has 5 heteroatoms. The molecule has 0 atom stereocenters. The van der Waals surface area contributed by atoms with E-state index in [0.29, 0.717) is 34.1 Å². The molecular formula is C16H16BrCl2NO. The van der Waals surface area contributed by atoms with Crippen LogP contribution >= 0.6 is 39.1 Å². The van der Waals surface area contributed by atoms with Crippen molar-refractivity contribution in [3.05, 3.63) is 56.5 Å². The Morgan fingerprint density at radius 1 is 1.10 bits per heavy atom. The maximum absolute atomic E-state index is 6.28. The molecule has 0 saturated heterocycles. The van der Waals surface area contributed by atoms with Crippen molar-refractivity contribution in [1.29, 1.82) is 0 Å². The highest BCUT2D eigenvalue weighted by molar-refractivity contribution is 9.10. The summed E-state index contributed by atoms with van der Waals surface area (Å²) in [6.07, 6.45) is 0. The Hall–Kier alpha value is -0.740. The van der Waals surface area contributed by atoms with Gasteiger partial charge in [-0.1, -0.05) is 59.0 Å². The van der Waals surface area contributed by atoms with Crippen molar-refractivity contribution in [2.75, 3.05) is 0 Å². The minimum Gasteiger partial charge on any atom is -0.455 e. The van der Waals surface area contributed by atoms with Crippen LogP contribution in [0.15, 0.2) is 40.9 Å². The van der Waals surface area contributed by atoms with Gasteiger partial charge < -0.3 is 10.1 Å². The number of benzene rings is 2. The van der Waals surface area contributed by atoms with Crippen LogP contribution in [0.25, 0.3) is 0 Å². The van der Waals surface area contributed by atoms with E-state index >= 15 is 0 Å². The molecular weight excluding hydrogens is 373 g/mol. The van der Waals surface area contributed by atoms with E-state index < -0.39 is 0 Å². The predicted octanol–water partition coefficient (Wildman–Crippen LogP) is 6.05. The van der Waals surface area contributed by atoms with Crippen molar-refractivity contribution in [2.45, 2.75) is 26.4 Å². The third-order valence-electron chi connectivity index (χ3n) is 2.88. The Kier molecular flexibility index (Phi) is 5.94. The van der Waals surface area contributed by atoms with Gasteiger partial charge in [-0.05, 0) is 30.3 Å². The Morgan fingerprint density at radius 3 is 2.52 bits per heavy atom. The van der Waals surface area contributed by atoms with Crippen LogP contribution in [0.2, 0.25) is 10.0 Å². The molecule has 2 aromatic carbocycles. The zero-order valence-corrected chi connectivity index (χ0v) is 14.9. The average Bonchev–Trinajstić information content (AvgIpc) is 2.41. The lowest BCUT2D eigenvalue weighted by molar-refractivity contribution is 0.469. The molecule has 2 nitrogen and oxygen atoms in total. The first-order valence-corrected chi connectivity index (χ1v) is 8.16. The van der Waals surface area contributed by atoms with E-state index in [4.69, 9.17) is 27.9 Å². The Balaban J connectivity index is 2.28. The number of ether oxygens (including phenoxy) is 1. The van der Waals surface area contributed by atoms with Crippen LogP contribution in [0, 0.1) is 0 Å². The van der Waals surface area contributed by atoms with Crippen LogP contribution in [-0.2, 0) is 6.54 Å². The first kappa shape index (κ1) is 16.6. The smallest absolute Gasteiger partial charge is 0.146 e. The molecule has 0 bridgehead atoms. The summed E-state index contributed by atoms with van der Waals surface area (Å²) in [6, 6.07) is 11.5. The van der Waals surface area contributed by atoms with E-state index in [1.165, 1.54) is 0 Å².